The van der Waals surface area contributed by atoms with Crippen LogP contribution in [-0.4, -0.2) is 22.9 Å². The molecule has 0 fully saturated rings. The van der Waals surface area contributed by atoms with Crippen molar-refractivity contribution in [1.29, 1.82) is 0 Å². The molecule has 1 heterocycles. The van der Waals surface area contributed by atoms with Crippen molar-refractivity contribution in [3.05, 3.63) is 28.6 Å². The second-order valence-electron chi connectivity index (χ2n) is 7.04. The van der Waals surface area contributed by atoms with Crippen LogP contribution in [0.5, 0.6) is 17.2 Å². The van der Waals surface area contributed by atoms with Crippen LogP contribution in [0.2, 0.25) is 0 Å². The Labute approximate surface area is 161 Å². The lowest BCUT2D eigenvalue weighted by molar-refractivity contribution is 0.288. The predicted molar refractivity (Wildman–Crippen MR) is 110 cm³/mol. The van der Waals surface area contributed by atoms with Crippen LogP contribution in [0.3, 0.4) is 0 Å². The first-order chi connectivity index (χ1) is 13.1. The summed E-state index contributed by atoms with van der Waals surface area (Å²) in [5.41, 5.74) is 0.310. The van der Waals surface area contributed by atoms with E-state index in [1.54, 1.807) is 13.1 Å². The van der Waals surface area contributed by atoms with E-state index in [1.165, 1.54) is 36.7 Å². The van der Waals surface area contributed by atoms with Crippen molar-refractivity contribution in [2.24, 2.45) is 7.05 Å². The summed E-state index contributed by atoms with van der Waals surface area (Å²) >= 11 is 0. The van der Waals surface area contributed by atoms with Crippen LogP contribution in [0, 0.1) is 0 Å². The van der Waals surface area contributed by atoms with Crippen LogP contribution in [-0.2, 0) is 7.05 Å². The van der Waals surface area contributed by atoms with E-state index >= 15 is 0 Å². The van der Waals surface area contributed by atoms with Gasteiger partial charge in [0.1, 0.15) is 5.75 Å². The lowest BCUT2D eigenvalue weighted by atomic mass is 10.1. The van der Waals surface area contributed by atoms with E-state index < -0.39 is 0 Å². The fourth-order valence-electron chi connectivity index (χ4n) is 3.09. The molecule has 0 bridgehead atoms. The molecule has 0 spiro atoms. The molecule has 0 saturated carbocycles. The van der Waals surface area contributed by atoms with Gasteiger partial charge in [0.05, 0.1) is 18.7 Å². The Hall–Kier alpha value is -2.17. The van der Waals surface area contributed by atoms with E-state index in [9.17, 15) is 9.90 Å². The molecule has 2 rings (SSSR count). The number of hydrogen-bond acceptors (Lipinski definition) is 4. The Morgan fingerprint density at radius 3 is 2.33 bits per heavy atom. The van der Waals surface area contributed by atoms with Crippen molar-refractivity contribution in [1.82, 2.24) is 4.57 Å². The topological polar surface area (TPSA) is 60.7 Å². The van der Waals surface area contributed by atoms with Crippen LogP contribution in [0.25, 0.3) is 10.9 Å². The zero-order chi connectivity index (χ0) is 19.6. The van der Waals surface area contributed by atoms with Gasteiger partial charge in [-0.2, -0.15) is 0 Å². The van der Waals surface area contributed by atoms with Crippen molar-refractivity contribution < 1.29 is 14.6 Å². The molecule has 1 aromatic carbocycles. The highest BCUT2D eigenvalue weighted by atomic mass is 16.5. The molecule has 27 heavy (non-hydrogen) atoms. The minimum atomic E-state index is -0.329. The van der Waals surface area contributed by atoms with Gasteiger partial charge in [-0.3, -0.25) is 4.79 Å². The molecule has 5 nitrogen and oxygen atoms in total. The highest BCUT2D eigenvalue weighted by Crippen LogP contribution is 2.33. The Kier molecular flexibility index (Phi) is 8.49. The third-order valence-electron chi connectivity index (χ3n) is 4.81. The average Bonchev–Trinajstić information content (AvgIpc) is 2.68. The maximum Gasteiger partial charge on any atom is 0.297 e. The lowest BCUT2D eigenvalue weighted by Crippen LogP contribution is -2.20. The van der Waals surface area contributed by atoms with Gasteiger partial charge in [-0.25, -0.2) is 0 Å². The van der Waals surface area contributed by atoms with Crippen molar-refractivity contribution >= 4 is 10.9 Å². The SMILES string of the molecule is CCCCCCCCOc1ccc2c(O)c(OCCCC)c(=O)n(C)c2c1. The summed E-state index contributed by atoms with van der Waals surface area (Å²) in [6, 6.07) is 5.43. The second kappa shape index (κ2) is 10.9. The molecule has 0 aliphatic heterocycles. The zero-order valence-electron chi connectivity index (χ0n) is 16.9. The highest BCUT2D eigenvalue weighted by molar-refractivity contribution is 5.88. The smallest absolute Gasteiger partial charge is 0.297 e. The molecule has 0 saturated heterocycles. The van der Waals surface area contributed by atoms with E-state index in [4.69, 9.17) is 9.47 Å². The van der Waals surface area contributed by atoms with E-state index in [0.29, 0.717) is 29.9 Å². The monoisotopic (exact) mass is 375 g/mol. The van der Waals surface area contributed by atoms with Gasteiger partial charge in [0.25, 0.3) is 5.56 Å². The van der Waals surface area contributed by atoms with Crippen LogP contribution in [0.4, 0.5) is 0 Å². The third kappa shape index (κ3) is 5.65. The van der Waals surface area contributed by atoms with Gasteiger partial charge in [-0.1, -0.05) is 52.4 Å². The van der Waals surface area contributed by atoms with Gasteiger partial charge in [0.15, 0.2) is 5.75 Å². The zero-order valence-corrected chi connectivity index (χ0v) is 16.9. The van der Waals surface area contributed by atoms with Crippen molar-refractivity contribution in [3.63, 3.8) is 0 Å². The summed E-state index contributed by atoms with van der Waals surface area (Å²) in [5.74, 6) is 0.649. The summed E-state index contributed by atoms with van der Waals surface area (Å²) in [5, 5.41) is 11.1. The first kappa shape index (κ1) is 21.1. The Morgan fingerprint density at radius 2 is 1.59 bits per heavy atom. The molecule has 1 aromatic heterocycles. The van der Waals surface area contributed by atoms with Crippen LogP contribution < -0.4 is 15.0 Å². The van der Waals surface area contributed by atoms with Gasteiger partial charge in [0, 0.05) is 18.5 Å². The van der Waals surface area contributed by atoms with Crippen molar-refractivity contribution in [2.45, 2.75) is 65.2 Å². The van der Waals surface area contributed by atoms with Crippen LogP contribution >= 0.6 is 0 Å². The molecule has 2 aromatic rings. The molecule has 0 unspecified atom stereocenters. The first-order valence-corrected chi connectivity index (χ1v) is 10.2. The number of ether oxygens (including phenoxy) is 2. The number of nitrogens with zero attached hydrogens (tertiary/aromatic N) is 1. The quantitative estimate of drug-likeness (QED) is 0.520. The van der Waals surface area contributed by atoms with Crippen LogP contribution in [0.1, 0.15) is 65.2 Å². The number of hydrogen-bond donors (Lipinski definition) is 1. The molecule has 1 N–H and O–H groups in total. The van der Waals surface area contributed by atoms with Gasteiger partial charge in [-0.15, -0.1) is 0 Å². The molecular formula is C22H33NO4. The molecule has 0 aliphatic rings. The average molecular weight is 376 g/mol. The molecular weight excluding hydrogens is 342 g/mol. The number of benzene rings is 1. The number of aromatic hydroxyl groups is 1. The maximum absolute atomic E-state index is 12.5. The molecule has 0 radical (unpaired) electrons. The van der Waals surface area contributed by atoms with E-state index in [2.05, 4.69) is 13.8 Å². The Bertz CT molecular complexity index is 782. The second-order valence-corrected chi connectivity index (χ2v) is 7.04. The normalized spacial score (nSPS) is 11.1. The number of fused-ring (bicyclic) bond motifs is 1. The molecule has 0 amide bonds. The summed E-state index contributed by atoms with van der Waals surface area (Å²) in [6.45, 7) is 5.35. The van der Waals surface area contributed by atoms with Gasteiger partial charge < -0.3 is 19.1 Å². The minimum absolute atomic E-state index is 0.0270. The number of pyridine rings is 1. The summed E-state index contributed by atoms with van der Waals surface area (Å²) < 4.78 is 12.9. The van der Waals surface area contributed by atoms with Gasteiger partial charge in [-0.05, 0) is 25.0 Å². The Balaban J connectivity index is 2.07. The molecule has 0 aliphatic carbocycles. The van der Waals surface area contributed by atoms with Crippen molar-refractivity contribution in [2.75, 3.05) is 13.2 Å². The molecule has 0 atom stereocenters. The lowest BCUT2D eigenvalue weighted by Gasteiger charge is -2.14. The highest BCUT2D eigenvalue weighted by Gasteiger charge is 2.16. The van der Waals surface area contributed by atoms with Crippen LogP contribution in [0.15, 0.2) is 23.0 Å². The van der Waals surface area contributed by atoms with E-state index in [1.807, 2.05) is 12.1 Å². The largest absolute Gasteiger partial charge is 0.504 e. The van der Waals surface area contributed by atoms with Crippen molar-refractivity contribution in [3.8, 4) is 17.2 Å². The fraction of sp³-hybridized carbons (Fsp3) is 0.591. The number of rotatable bonds is 12. The molecule has 150 valence electrons. The maximum atomic E-state index is 12.5. The Morgan fingerprint density at radius 1 is 0.926 bits per heavy atom. The van der Waals surface area contributed by atoms with Gasteiger partial charge >= 0.3 is 0 Å². The van der Waals surface area contributed by atoms with Gasteiger partial charge in [0.2, 0.25) is 5.75 Å². The van der Waals surface area contributed by atoms with E-state index in [0.717, 1.165) is 19.3 Å². The first-order valence-electron chi connectivity index (χ1n) is 10.2. The number of aromatic nitrogens is 1. The summed E-state index contributed by atoms with van der Waals surface area (Å²) in [6.07, 6.45) is 9.09. The number of unbranched alkanes of at least 4 members (excludes halogenated alkanes) is 6. The number of aryl methyl sites for hydroxylation is 1. The standard InChI is InChI=1S/C22H33NO4/c1-4-6-8-9-10-11-15-26-17-12-13-18-19(16-17)23(3)22(25)21(20(18)24)27-14-7-5-2/h12-13,16,24H,4-11,14-15H2,1-3H3. The third-order valence-corrected chi connectivity index (χ3v) is 4.81. The van der Waals surface area contributed by atoms with E-state index in [-0.39, 0.29) is 17.1 Å². The fourth-order valence-corrected chi connectivity index (χ4v) is 3.09. The summed E-state index contributed by atoms with van der Waals surface area (Å²) in [7, 11) is 1.69. The minimum Gasteiger partial charge on any atom is -0.504 e. The molecule has 5 heteroatoms. The summed E-state index contributed by atoms with van der Waals surface area (Å²) in [4.78, 5) is 12.5. The predicted octanol–water partition coefficient (Wildman–Crippen LogP) is 5.16.